The number of carbonyl (C=O) groups is 1. The van der Waals surface area contributed by atoms with Gasteiger partial charge in [-0.25, -0.2) is 4.98 Å². The number of hydrogen-bond acceptors (Lipinski definition) is 3. The first-order valence-corrected chi connectivity index (χ1v) is 4.31. The molecule has 1 aromatic rings. The standard InChI is InChI=1S/C7H8N2OS/c1-11-7(10)9-6-4-2-3-5-8-6/h2-5H,1H3,(H,8,9,10). The SMILES string of the molecule is CSC(=O)Nc1ccccn1. The van der Waals surface area contributed by atoms with Crippen LogP contribution in [-0.2, 0) is 0 Å². The van der Waals surface area contributed by atoms with E-state index >= 15 is 0 Å². The number of nitrogens with one attached hydrogen (secondary N) is 1. The monoisotopic (exact) mass is 168 g/mol. The number of carbonyl (C=O) groups excluding carboxylic acids is 1. The van der Waals surface area contributed by atoms with Crippen LogP contribution >= 0.6 is 11.8 Å². The fourth-order valence-corrected chi connectivity index (χ4v) is 0.799. The van der Waals surface area contributed by atoms with Gasteiger partial charge in [0.2, 0.25) is 0 Å². The average molecular weight is 168 g/mol. The van der Waals surface area contributed by atoms with Gasteiger partial charge in [0, 0.05) is 6.20 Å². The van der Waals surface area contributed by atoms with E-state index in [9.17, 15) is 4.79 Å². The van der Waals surface area contributed by atoms with Gasteiger partial charge in [0.05, 0.1) is 0 Å². The molecule has 1 rings (SSSR count). The molecule has 0 aliphatic heterocycles. The fraction of sp³-hybridized carbons (Fsp3) is 0.143. The molecule has 4 heteroatoms. The van der Waals surface area contributed by atoms with Crippen LogP contribution < -0.4 is 5.32 Å². The summed E-state index contributed by atoms with van der Waals surface area (Å²) < 4.78 is 0. The summed E-state index contributed by atoms with van der Waals surface area (Å²) in [7, 11) is 0. The molecule has 11 heavy (non-hydrogen) atoms. The number of hydrogen-bond donors (Lipinski definition) is 1. The minimum absolute atomic E-state index is 0.0938. The lowest BCUT2D eigenvalue weighted by Crippen LogP contribution is -2.04. The van der Waals surface area contributed by atoms with Crippen molar-refractivity contribution in [3.8, 4) is 0 Å². The molecule has 0 atom stereocenters. The summed E-state index contributed by atoms with van der Waals surface area (Å²) in [6, 6.07) is 5.37. The highest BCUT2D eigenvalue weighted by atomic mass is 32.2. The van der Waals surface area contributed by atoms with E-state index < -0.39 is 0 Å². The Bertz CT molecular complexity index is 237. The Morgan fingerprint density at radius 2 is 2.45 bits per heavy atom. The van der Waals surface area contributed by atoms with Crippen molar-refractivity contribution >= 4 is 22.8 Å². The zero-order chi connectivity index (χ0) is 8.10. The van der Waals surface area contributed by atoms with Crippen molar-refractivity contribution in [3.63, 3.8) is 0 Å². The summed E-state index contributed by atoms with van der Waals surface area (Å²) >= 11 is 1.13. The van der Waals surface area contributed by atoms with Crippen LogP contribution in [0.2, 0.25) is 0 Å². The lowest BCUT2D eigenvalue weighted by molar-refractivity contribution is 0.270. The number of nitrogens with zero attached hydrogens (tertiary/aromatic N) is 1. The second-order valence-corrected chi connectivity index (χ2v) is 2.61. The molecule has 0 bridgehead atoms. The molecule has 0 aromatic carbocycles. The Balaban J connectivity index is 2.58. The van der Waals surface area contributed by atoms with Gasteiger partial charge in [0.25, 0.3) is 5.24 Å². The summed E-state index contributed by atoms with van der Waals surface area (Å²) in [5, 5.41) is 2.51. The molecule has 58 valence electrons. The number of rotatable bonds is 1. The predicted molar refractivity (Wildman–Crippen MR) is 46.8 cm³/mol. The average Bonchev–Trinajstić information content (AvgIpc) is 2.06. The van der Waals surface area contributed by atoms with Crippen molar-refractivity contribution in [2.45, 2.75) is 0 Å². The van der Waals surface area contributed by atoms with Gasteiger partial charge in [0.1, 0.15) is 5.82 Å². The molecule has 0 saturated heterocycles. The van der Waals surface area contributed by atoms with Gasteiger partial charge in [-0.1, -0.05) is 17.8 Å². The maximum absolute atomic E-state index is 10.8. The Kier molecular flexibility index (Phi) is 2.92. The minimum Gasteiger partial charge on any atom is -0.301 e. The van der Waals surface area contributed by atoms with E-state index in [2.05, 4.69) is 10.3 Å². The molecular weight excluding hydrogens is 160 g/mol. The van der Waals surface area contributed by atoms with Crippen LogP contribution in [0.3, 0.4) is 0 Å². The van der Waals surface area contributed by atoms with Gasteiger partial charge in [-0.2, -0.15) is 0 Å². The van der Waals surface area contributed by atoms with Crippen LogP contribution in [0.5, 0.6) is 0 Å². The fourth-order valence-electron chi connectivity index (χ4n) is 0.592. The lowest BCUT2D eigenvalue weighted by Gasteiger charge is -1.98. The Hall–Kier alpha value is -1.03. The number of anilines is 1. The maximum Gasteiger partial charge on any atom is 0.284 e. The van der Waals surface area contributed by atoms with Crippen LogP contribution in [0.25, 0.3) is 0 Å². The Labute approximate surface area is 69.2 Å². The smallest absolute Gasteiger partial charge is 0.284 e. The van der Waals surface area contributed by atoms with E-state index in [0.717, 1.165) is 11.8 Å². The molecule has 0 unspecified atom stereocenters. The van der Waals surface area contributed by atoms with Crippen LogP contribution in [0.4, 0.5) is 10.6 Å². The molecule has 1 heterocycles. The van der Waals surface area contributed by atoms with Gasteiger partial charge in [-0.15, -0.1) is 0 Å². The van der Waals surface area contributed by atoms with Crippen molar-refractivity contribution in [2.24, 2.45) is 0 Å². The van der Waals surface area contributed by atoms with Crippen LogP contribution in [0.1, 0.15) is 0 Å². The van der Waals surface area contributed by atoms with Crippen LogP contribution in [0, 0.1) is 0 Å². The van der Waals surface area contributed by atoms with E-state index in [1.165, 1.54) is 0 Å². The highest BCUT2D eigenvalue weighted by Gasteiger charge is 1.97. The largest absolute Gasteiger partial charge is 0.301 e. The number of aromatic nitrogens is 1. The number of thioether (sulfide) groups is 1. The normalized spacial score (nSPS) is 9.18. The third kappa shape index (κ3) is 2.59. The van der Waals surface area contributed by atoms with Crippen molar-refractivity contribution in [3.05, 3.63) is 24.4 Å². The summed E-state index contributed by atoms with van der Waals surface area (Å²) in [6.07, 6.45) is 3.36. The Morgan fingerprint density at radius 1 is 1.64 bits per heavy atom. The first-order chi connectivity index (χ1) is 5.33. The van der Waals surface area contributed by atoms with E-state index in [1.54, 1.807) is 24.6 Å². The Morgan fingerprint density at radius 3 is 3.00 bits per heavy atom. The summed E-state index contributed by atoms with van der Waals surface area (Å²) in [5.74, 6) is 0.590. The molecule has 3 nitrogen and oxygen atoms in total. The van der Waals surface area contributed by atoms with Gasteiger partial charge >= 0.3 is 0 Å². The second kappa shape index (κ2) is 3.98. The van der Waals surface area contributed by atoms with Crippen molar-refractivity contribution < 1.29 is 4.79 Å². The van der Waals surface area contributed by atoms with Crippen molar-refractivity contribution in [2.75, 3.05) is 11.6 Å². The van der Waals surface area contributed by atoms with Crippen LogP contribution in [-0.4, -0.2) is 16.5 Å². The van der Waals surface area contributed by atoms with E-state index in [-0.39, 0.29) is 5.24 Å². The van der Waals surface area contributed by atoms with Gasteiger partial charge in [-0.3, -0.25) is 4.79 Å². The van der Waals surface area contributed by atoms with Gasteiger partial charge in [-0.05, 0) is 18.4 Å². The quantitative estimate of drug-likeness (QED) is 0.697. The third-order valence-corrected chi connectivity index (χ3v) is 1.55. The zero-order valence-corrected chi connectivity index (χ0v) is 6.89. The molecule has 0 radical (unpaired) electrons. The lowest BCUT2D eigenvalue weighted by atomic mass is 10.5. The number of pyridine rings is 1. The predicted octanol–water partition coefficient (Wildman–Crippen LogP) is 1.98. The van der Waals surface area contributed by atoms with Crippen molar-refractivity contribution in [1.82, 2.24) is 4.98 Å². The van der Waals surface area contributed by atoms with Gasteiger partial charge in [0.15, 0.2) is 0 Å². The highest BCUT2D eigenvalue weighted by Crippen LogP contribution is 2.04. The topological polar surface area (TPSA) is 42.0 Å². The zero-order valence-electron chi connectivity index (χ0n) is 6.07. The van der Waals surface area contributed by atoms with Gasteiger partial charge < -0.3 is 5.32 Å². The van der Waals surface area contributed by atoms with E-state index in [1.807, 2.05) is 6.07 Å². The summed E-state index contributed by atoms with van der Waals surface area (Å²) in [5.41, 5.74) is 0. The molecule has 0 fully saturated rings. The summed E-state index contributed by atoms with van der Waals surface area (Å²) in [6.45, 7) is 0. The molecule has 0 aliphatic rings. The van der Waals surface area contributed by atoms with E-state index in [0.29, 0.717) is 5.82 Å². The first-order valence-electron chi connectivity index (χ1n) is 3.09. The maximum atomic E-state index is 10.8. The molecule has 1 amide bonds. The molecule has 0 aliphatic carbocycles. The van der Waals surface area contributed by atoms with Crippen LogP contribution in [0.15, 0.2) is 24.4 Å². The molecule has 1 N–H and O–H groups in total. The summed E-state index contributed by atoms with van der Waals surface area (Å²) in [4.78, 5) is 14.7. The molecular formula is C7H8N2OS. The molecule has 1 aromatic heterocycles. The van der Waals surface area contributed by atoms with Crippen molar-refractivity contribution in [1.29, 1.82) is 0 Å². The highest BCUT2D eigenvalue weighted by molar-refractivity contribution is 8.13. The first kappa shape index (κ1) is 8.07. The van der Waals surface area contributed by atoms with E-state index in [4.69, 9.17) is 0 Å². The number of amides is 1. The second-order valence-electron chi connectivity index (χ2n) is 1.83. The third-order valence-electron chi connectivity index (χ3n) is 1.08. The minimum atomic E-state index is -0.0938. The molecule has 0 saturated carbocycles. The molecule has 0 spiro atoms.